The Morgan fingerprint density at radius 1 is 0.938 bits per heavy atom. The standard InChI is InChI=1S/C24H26N6O2/c1-15-3-6-20(7-4-15)29-24-26-16(2)13-21(30-24)27-18-8-10-19(11-9-18)28-23(32)17-5-12-22(31)25-14-17/h3-4,6-11,13,17H,5,12,14H2,1-2H3,(H,25,31)(H,28,32)(H2,26,27,29,30). The third kappa shape index (κ3) is 5.60. The maximum absolute atomic E-state index is 12.4. The fourth-order valence-corrected chi connectivity index (χ4v) is 3.44. The van der Waals surface area contributed by atoms with Crippen LogP contribution in [0.5, 0.6) is 0 Å². The maximum atomic E-state index is 12.4. The molecule has 1 aromatic heterocycles. The molecule has 1 unspecified atom stereocenters. The van der Waals surface area contributed by atoms with E-state index in [1.54, 1.807) is 0 Å². The Kier molecular flexibility index (Phi) is 6.30. The van der Waals surface area contributed by atoms with Gasteiger partial charge in [0.1, 0.15) is 5.82 Å². The van der Waals surface area contributed by atoms with Crippen molar-refractivity contribution in [3.63, 3.8) is 0 Å². The van der Waals surface area contributed by atoms with E-state index in [0.717, 1.165) is 17.1 Å². The number of hydrogen-bond acceptors (Lipinski definition) is 6. The van der Waals surface area contributed by atoms with Crippen LogP contribution in [0.3, 0.4) is 0 Å². The first kappa shape index (κ1) is 21.3. The van der Waals surface area contributed by atoms with Crippen molar-refractivity contribution in [2.24, 2.45) is 5.92 Å². The summed E-state index contributed by atoms with van der Waals surface area (Å²) in [5.41, 5.74) is 4.49. The lowest BCUT2D eigenvalue weighted by Crippen LogP contribution is -2.40. The van der Waals surface area contributed by atoms with Crippen LogP contribution in [-0.2, 0) is 9.59 Å². The second-order valence-corrected chi connectivity index (χ2v) is 7.94. The van der Waals surface area contributed by atoms with E-state index in [-0.39, 0.29) is 17.7 Å². The van der Waals surface area contributed by atoms with Crippen molar-refractivity contribution in [2.45, 2.75) is 26.7 Å². The lowest BCUT2D eigenvalue weighted by molar-refractivity contribution is -0.126. The zero-order chi connectivity index (χ0) is 22.5. The molecule has 0 spiro atoms. The highest BCUT2D eigenvalue weighted by molar-refractivity contribution is 5.94. The van der Waals surface area contributed by atoms with Crippen molar-refractivity contribution in [2.75, 3.05) is 22.5 Å². The van der Waals surface area contributed by atoms with Gasteiger partial charge in [-0.15, -0.1) is 0 Å². The fraction of sp³-hybridized carbons (Fsp3) is 0.250. The molecule has 8 heteroatoms. The number of piperidine rings is 1. The largest absolute Gasteiger partial charge is 0.355 e. The summed E-state index contributed by atoms with van der Waals surface area (Å²) in [5, 5.41) is 12.2. The number of nitrogens with one attached hydrogen (secondary N) is 4. The van der Waals surface area contributed by atoms with Gasteiger partial charge < -0.3 is 21.3 Å². The van der Waals surface area contributed by atoms with Gasteiger partial charge >= 0.3 is 0 Å². The number of nitrogens with zero attached hydrogens (tertiary/aromatic N) is 2. The summed E-state index contributed by atoms with van der Waals surface area (Å²) in [6.45, 7) is 4.34. The van der Waals surface area contributed by atoms with Crippen LogP contribution in [0.1, 0.15) is 24.1 Å². The normalized spacial score (nSPS) is 15.6. The van der Waals surface area contributed by atoms with Crippen LogP contribution >= 0.6 is 0 Å². The van der Waals surface area contributed by atoms with Crippen LogP contribution in [0.4, 0.5) is 28.8 Å². The number of hydrogen-bond donors (Lipinski definition) is 4. The van der Waals surface area contributed by atoms with E-state index in [1.807, 2.05) is 68.4 Å². The SMILES string of the molecule is Cc1ccc(Nc2nc(C)cc(Nc3ccc(NC(=O)C4CCC(=O)NC4)cc3)n2)cc1. The predicted molar refractivity (Wildman–Crippen MR) is 125 cm³/mol. The highest BCUT2D eigenvalue weighted by Gasteiger charge is 2.24. The summed E-state index contributed by atoms with van der Waals surface area (Å²) in [6, 6.07) is 17.3. The molecule has 8 nitrogen and oxygen atoms in total. The van der Waals surface area contributed by atoms with Crippen LogP contribution in [-0.4, -0.2) is 28.3 Å². The molecule has 0 radical (unpaired) electrons. The maximum Gasteiger partial charge on any atom is 0.229 e. The van der Waals surface area contributed by atoms with Crippen LogP contribution in [0.25, 0.3) is 0 Å². The average Bonchev–Trinajstić information content (AvgIpc) is 2.77. The van der Waals surface area contributed by atoms with E-state index < -0.39 is 0 Å². The summed E-state index contributed by atoms with van der Waals surface area (Å²) in [7, 11) is 0. The molecule has 32 heavy (non-hydrogen) atoms. The Morgan fingerprint density at radius 3 is 2.28 bits per heavy atom. The van der Waals surface area contributed by atoms with Gasteiger partial charge in [-0.25, -0.2) is 4.98 Å². The van der Waals surface area contributed by atoms with Gasteiger partial charge in [0.25, 0.3) is 0 Å². The third-order valence-corrected chi connectivity index (χ3v) is 5.22. The summed E-state index contributed by atoms with van der Waals surface area (Å²) in [5.74, 6) is 0.904. The minimum Gasteiger partial charge on any atom is -0.355 e. The third-order valence-electron chi connectivity index (χ3n) is 5.22. The molecule has 1 saturated heterocycles. The van der Waals surface area contributed by atoms with Crippen molar-refractivity contribution in [1.29, 1.82) is 0 Å². The number of carbonyl (C=O) groups excluding carboxylic acids is 2. The van der Waals surface area contributed by atoms with E-state index in [4.69, 9.17) is 0 Å². The lowest BCUT2D eigenvalue weighted by Gasteiger charge is -2.21. The second kappa shape index (κ2) is 9.47. The molecular weight excluding hydrogens is 404 g/mol. The van der Waals surface area contributed by atoms with E-state index in [1.165, 1.54) is 5.56 Å². The molecule has 4 N–H and O–H groups in total. The second-order valence-electron chi connectivity index (χ2n) is 7.94. The Morgan fingerprint density at radius 2 is 1.59 bits per heavy atom. The quantitative estimate of drug-likeness (QED) is 0.470. The van der Waals surface area contributed by atoms with Gasteiger partial charge in [0.05, 0.1) is 5.92 Å². The molecular formula is C24H26N6O2. The minimum atomic E-state index is -0.200. The van der Waals surface area contributed by atoms with Crippen LogP contribution < -0.4 is 21.3 Å². The number of amides is 2. The van der Waals surface area contributed by atoms with E-state index in [9.17, 15) is 9.59 Å². The fourth-order valence-electron chi connectivity index (χ4n) is 3.44. The molecule has 1 fully saturated rings. The summed E-state index contributed by atoms with van der Waals surface area (Å²) in [6.07, 6.45) is 0.962. The minimum absolute atomic E-state index is 0.00154. The van der Waals surface area contributed by atoms with E-state index in [0.29, 0.717) is 36.8 Å². The molecule has 2 aromatic carbocycles. The van der Waals surface area contributed by atoms with Crippen molar-refractivity contribution in [1.82, 2.24) is 15.3 Å². The molecule has 0 saturated carbocycles. The zero-order valence-corrected chi connectivity index (χ0v) is 18.1. The molecule has 2 amide bonds. The van der Waals surface area contributed by atoms with Gasteiger partial charge in [-0.2, -0.15) is 4.98 Å². The summed E-state index contributed by atoms with van der Waals surface area (Å²) >= 11 is 0. The van der Waals surface area contributed by atoms with Crippen LogP contribution in [0.2, 0.25) is 0 Å². The Labute approximate surface area is 186 Å². The first-order valence-corrected chi connectivity index (χ1v) is 10.6. The van der Waals surface area contributed by atoms with Gasteiger partial charge in [0, 0.05) is 41.8 Å². The highest BCUT2D eigenvalue weighted by Crippen LogP contribution is 2.22. The van der Waals surface area contributed by atoms with Crippen molar-refractivity contribution >= 4 is 40.6 Å². The average molecular weight is 431 g/mol. The molecule has 1 atom stereocenters. The predicted octanol–water partition coefficient (Wildman–Crippen LogP) is 4.05. The van der Waals surface area contributed by atoms with Crippen molar-refractivity contribution in [3.05, 3.63) is 65.9 Å². The summed E-state index contributed by atoms with van der Waals surface area (Å²) in [4.78, 5) is 32.7. The number of aromatic nitrogens is 2. The molecule has 0 aliphatic carbocycles. The molecule has 0 bridgehead atoms. The molecule has 4 rings (SSSR count). The monoisotopic (exact) mass is 430 g/mol. The smallest absolute Gasteiger partial charge is 0.229 e. The van der Waals surface area contributed by atoms with Gasteiger partial charge in [-0.05, 0) is 56.7 Å². The number of aryl methyl sites for hydroxylation is 2. The first-order valence-electron chi connectivity index (χ1n) is 10.6. The lowest BCUT2D eigenvalue weighted by atomic mass is 9.98. The van der Waals surface area contributed by atoms with Gasteiger partial charge in [-0.3, -0.25) is 9.59 Å². The van der Waals surface area contributed by atoms with Gasteiger partial charge in [-0.1, -0.05) is 17.7 Å². The number of carbonyl (C=O) groups is 2. The first-order chi connectivity index (χ1) is 15.4. The molecule has 1 aliphatic heterocycles. The zero-order valence-electron chi connectivity index (χ0n) is 18.1. The highest BCUT2D eigenvalue weighted by atomic mass is 16.2. The molecule has 2 heterocycles. The molecule has 164 valence electrons. The molecule has 3 aromatic rings. The van der Waals surface area contributed by atoms with E-state index >= 15 is 0 Å². The molecule has 1 aliphatic rings. The van der Waals surface area contributed by atoms with Crippen molar-refractivity contribution in [3.8, 4) is 0 Å². The Hall–Kier alpha value is -3.94. The van der Waals surface area contributed by atoms with Crippen LogP contribution in [0, 0.1) is 19.8 Å². The van der Waals surface area contributed by atoms with Gasteiger partial charge in [0.2, 0.25) is 17.8 Å². The number of benzene rings is 2. The van der Waals surface area contributed by atoms with E-state index in [2.05, 4.69) is 31.2 Å². The summed E-state index contributed by atoms with van der Waals surface area (Å²) < 4.78 is 0. The Bertz CT molecular complexity index is 1100. The number of rotatable bonds is 6. The van der Waals surface area contributed by atoms with Crippen molar-refractivity contribution < 1.29 is 9.59 Å². The number of anilines is 5. The van der Waals surface area contributed by atoms with Gasteiger partial charge in [0.15, 0.2) is 0 Å². The topological polar surface area (TPSA) is 108 Å². The van der Waals surface area contributed by atoms with Crippen LogP contribution in [0.15, 0.2) is 54.6 Å². The Balaban J connectivity index is 1.38.